The van der Waals surface area contributed by atoms with E-state index in [4.69, 9.17) is 10.6 Å². The van der Waals surface area contributed by atoms with E-state index in [0.717, 1.165) is 5.56 Å². The van der Waals surface area contributed by atoms with Crippen molar-refractivity contribution < 1.29 is 14.4 Å². The van der Waals surface area contributed by atoms with Crippen molar-refractivity contribution in [1.29, 1.82) is 0 Å². The topological polar surface area (TPSA) is 79.4 Å². The molecule has 0 atom stereocenters. The molecule has 6 heteroatoms. The van der Waals surface area contributed by atoms with Gasteiger partial charge >= 0.3 is 5.97 Å². The Balaban J connectivity index is 3.11. The first kappa shape index (κ1) is 13.7. The molecule has 0 radical (unpaired) electrons. The lowest BCUT2D eigenvalue weighted by atomic mass is 9.86. The molecule has 0 bridgehead atoms. The first-order valence-corrected chi connectivity index (χ1v) is 5.45. The highest BCUT2D eigenvalue weighted by Crippen LogP contribution is 2.26. The van der Waals surface area contributed by atoms with E-state index < -0.39 is 11.4 Å². The maximum atomic E-state index is 11.8. The minimum Gasteiger partial charge on any atom is -0.461 e. The zero-order valence-corrected chi connectivity index (χ0v) is 10.7. The number of carbonyl (C=O) groups excluding carboxylic acids is 1. The van der Waals surface area contributed by atoms with Gasteiger partial charge < -0.3 is 9.57 Å². The van der Waals surface area contributed by atoms with E-state index >= 15 is 0 Å². The Morgan fingerprint density at radius 2 is 2.24 bits per heavy atom. The van der Waals surface area contributed by atoms with Gasteiger partial charge in [-0.1, -0.05) is 13.8 Å². The smallest absolute Gasteiger partial charge is 0.359 e. The van der Waals surface area contributed by atoms with Crippen LogP contribution < -0.4 is 5.90 Å². The van der Waals surface area contributed by atoms with E-state index in [1.54, 1.807) is 24.9 Å². The van der Waals surface area contributed by atoms with Crippen LogP contribution in [-0.2, 0) is 22.0 Å². The molecule has 0 aromatic carbocycles. The normalized spacial score (nSPS) is 11.6. The Morgan fingerprint density at radius 3 is 2.76 bits per heavy atom. The molecular formula is C11H19N3O3. The van der Waals surface area contributed by atoms with Crippen molar-refractivity contribution in [1.82, 2.24) is 9.78 Å². The van der Waals surface area contributed by atoms with E-state index in [9.17, 15) is 4.79 Å². The number of rotatable bonds is 5. The summed E-state index contributed by atoms with van der Waals surface area (Å²) in [6.07, 6.45) is 1.78. The zero-order chi connectivity index (χ0) is 13.1. The van der Waals surface area contributed by atoms with Gasteiger partial charge in [-0.3, -0.25) is 4.68 Å². The molecule has 1 rings (SSSR count). The van der Waals surface area contributed by atoms with Crippen molar-refractivity contribution in [2.24, 2.45) is 12.9 Å². The molecule has 1 heterocycles. The fourth-order valence-corrected chi connectivity index (χ4v) is 1.62. The zero-order valence-electron chi connectivity index (χ0n) is 10.7. The quantitative estimate of drug-likeness (QED) is 0.608. The maximum Gasteiger partial charge on any atom is 0.359 e. The highest BCUT2D eigenvalue weighted by molar-refractivity contribution is 5.89. The maximum absolute atomic E-state index is 11.8. The van der Waals surface area contributed by atoms with Crippen LogP contribution in [0.4, 0.5) is 0 Å². The van der Waals surface area contributed by atoms with Crippen LogP contribution in [-0.4, -0.2) is 29.0 Å². The fraction of sp³-hybridized carbons (Fsp3) is 0.636. The van der Waals surface area contributed by atoms with Crippen molar-refractivity contribution in [3.63, 3.8) is 0 Å². The Labute approximate surface area is 101 Å². The van der Waals surface area contributed by atoms with E-state index in [2.05, 4.69) is 9.94 Å². The Bertz CT molecular complexity index is 399. The predicted octanol–water partition coefficient (Wildman–Crippen LogP) is 0.765. The molecule has 0 amide bonds. The lowest BCUT2D eigenvalue weighted by Gasteiger charge is -2.22. The average molecular weight is 241 g/mol. The van der Waals surface area contributed by atoms with Crippen LogP contribution in [0.1, 0.15) is 36.8 Å². The van der Waals surface area contributed by atoms with Gasteiger partial charge in [-0.15, -0.1) is 0 Å². The summed E-state index contributed by atoms with van der Waals surface area (Å²) >= 11 is 0. The van der Waals surface area contributed by atoms with Gasteiger partial charge in [0.25, 0.3) is 0 Å². The molecule has 0 unspecified atom stereocenters. The monoisotopic (exact) mass is 241 g/mol. The summed E-state index contributed by atoms with van der Waals surface area (Å²) in [5.41, 5.74) is 0.686. The number of aromatic nitrogens is 2. The molecule has 0 aliphatic heterocycles. The summed E-state index contributed by atoms with van der Waals surface area (Å²) < 4.78 is 6.55. The summed E-state index contributed by atoms with van der Waals surface area (Å²) in [6, 6.07) is 0. The van der Waals surface area contributed by atoms with Gasteiger partial charge in [0.2, 0.25) is 0 Å². The molecule has 0 spiro atoms. The Morgan fingerprint density at radius 1 is 1.59 bits per heavy atom. The molecule has 0 aliphatic rings. The average Bonchev–Trinajstić information content (AvgIpc) is 2.61. The van der Waals surface area contributed by atoms with Gasteiger partial charge in [-0.05, 0) is 6.92 Å². The number of aryl methyl sites for hydroxylation is 1. The molecule has 2 N–H and O–H groups in total. The first-order chi connectivity index (χ1) is 7.92. The molecule has 17 heavy (non-hydrogen) atoms. The van der Waals surface area contributed by atoms with Crippen molar-refractivity contribution in [3.8, 4) is 0 Å². The third-order valence-electron chi connectivity index (χ3n) is 2.47. The molecule has 0 fully saturated rings. The standard InChI is InChI=1S/C11H19N3O3/c1-5-16-10(15)9-8(6-14(4)13-9)11(2,3)7-17-12/h6H,5,7,12H2,1-4H3. The number of esters is 1. The van der Waals surface area contributed by atoms with Gasteiger partial charge in [0.1, 0.15) is 0 Å². The van der Waals surface area contributed by atoms with Gasteiger partial charge in [0, 0.05) is 24.2 Å². The Kier molecular flexibility index (Phi) is 4.25. The van der Waals surface area contributed by atoms with Gasteiger partial charge in [0.15, 0.2) is 5.69 Å². The molecule has 96 valence electrons. The number of hydrogen-bond donors (Lipinski definition) is 1. The minimum absolute atomic E-state index is 0.297. The van der Waals surface area contributed by atoms with Crippen molar-refractivity contribution in [2.45, 2.75) is 26.2 Å². The van der Waals surface area contributed by atoms with Crippen LogP contribution in [0, 0.1) is 0 Å². The summed E-state index contributed by atoms with van der Waals surface area (Å²) in [4.78, 5) is 16.4. The second-order valence-corrected chi connectivity index (χ2v) is 4.48. The van der Waals surface area contributed by atoms with E-state index in [1.807, 2.05) is 13.8 Å². The summed E-state index contributed by atoms with van der Waals surface area (Å²) in [6.45, 7) is 6.24. The molecule has 1 aromatic heterocycles. The fourth-order valence-electron chi connectivity index (χ4n) is 1.62. The summed E-state index contributed by atoms with van der Waals surface area (Å²) in [7, 11) is 1.76. The van der Waals surface area contributed by atoms with Crippen LogP contribution in [0.15, 0.2) is 6.20 Å². The van der Waals surface area contributed by atoms with E-state index in [1.165, 1.54) is 0 Å². The van der Waals surface area contributed by atoms with E-state index in [0.29, 0.717) is 18.9 Å². The predicted molar refractivity (Wildman–Crippen MR) is 62.3 cm³/mol. The molecule has 0 saturated heterocycles. The Hall–Kier alpha value is -1.40. The molecule has 6 nitrogen and oxygen atoms in total. The molecule has 0 saturated carbocycles. The molecule has 0 aliphatic carbocycles. The number of nitrogens with zero attached hydrogens (tertiary/aromatic N) is 2. The number of hydrogen-bond acceptors (Lipinski definition) is 5. The van der Waals surface area contributed by atoms with Gasteiger partial charge in [-0.2, -0.15) is 5.10 Å². The van der Waals surface area contributed by atoms with Gasteiger partial charge in [-0.25, -0.2) is 10.7 Å². The highest BCUT2D eigenvalue weighted by atomic mass is 16.6. The van der Waals surface area contributed by atoms with Crippen molar-refractivity contribution >= 4 is 5.97 Å². The lowest BCUT2D eigenvalue weighted by Crippen LogP contribution is -2.28. The summed E-state index contributed by atoms with van der Waals surface area (Å²) in [5, 5.41) is 4.12. The largest absolute Gasteiger partial charge is 0.461 e. The lowest BCUT2D eigenvalue weighted by molar-refractivity contribution is 0.0510. The third kappa shape index (κ3) is 3.04. The van der Waals surface area contributed by atoms with Crippen molar-refractivity contribution in [2.75, 3.05) is 13.2 Å². The molecule has 1 aromatic rings. The molecular weight excluding hydrogens is 222 g/mol. The number of ether oxygens (including phenoxy) is 1. The third-order valence-corrected chi connectivity index (χ3v) is 2.47. The van der Waals surface area contributed by atoms with Crippen molar-refractivity contribution in [3.05, 3.63) is 17.5 Å². The second-order valence-electron chi connectivity index (χ2n) is 4.48. The number of nitrogens with two attached hydrogens (primary N) is 1. The van der Waals surface area contributed by atoms with Crippen LogP contribution in [0.5, 0.6) is 0 Å². The van der Waals surface area contributed by atoms with E-state index in [-0.39, 0.29) is 0 Å². The van der Waals surface area contributed by atoms with Gasteiger partial charge in [0.05, 0.1) is 13.2 Å². The van der Waals surface area contributed by atoms with Crippen LogP contribution >= 0.6 is 0 Å². The first-order valence-electron chi connectivity index (χ1n) is 5.45. The SMILES string of the molecule is CCOC(=O)c1nn(C)cc1C(C)(C)CON. The minimum atomic E-state index is -0.423. The number of carbonyl (C=O) groups is 1. The van der Waals surface area contributed by atoms with Crippen LogP contribution in [0.25, 0.3) is 0 Å². The second kappa shape index (κ2) is 5.29. The highest BCUT2D eigenvalue weighted by Gasteiger charge is 2.30. The van der Waals surface area contributed by atoms with Crippen LogP contribution in [0.3, 0.4) is 0 Å². The summed E-state index contributed by atoms with van der Waals surface area (Å²) in [5.74, 6) is 4.68. The van der Waals surface area contributed by atoms with Crippen LogP contribution in [0.2, 0.25) is 0 Å².